The lowest BCUT2D eigenvalue weighted by atomic mass is 10.0. The molecule has 9 heteroatoms. The van der Waals surface area contributed by atoms with Gasteiger partial charge in [0, 0.05) is 5.56 Å². The van der Waals surface area contributed by atoms with E-state index in [2.05, 4.69) is 25.3 Å². The molecule has 3 aromatic rings. The zero-order chi connectivity index (χ0) is 22.4. The molecule has 0 saturated carbocycles. The van der Waals surface area contributed by atoms with Crippen LogP contribution in [0.3, 0.4) is 0 Å². The molecule has 1 atom stereocenters. The van der Waals surface area contributed by atoms with Gasteiger partial charge in [0.1, 0.15) is 6.17 Å². The van der Waals surface area contributed by atoms with Crippen molar-refractivity contribution >= 4 is 21.7 Å². The van der Waals surface area contributed by atoms with Gasteiger partial charge in [0.25, 0.3) is 0 Å². The molecule has 8 nitrogen and oxygen atoms in total. The smallest absolute Gasteiger partial charge is 0.311 e. The van der Waals surface area contributed by atoms with Gasteiger partial charge in [0.05, 0.1) is 23.3 Å². The number of azo groups is 1. The molecule has 32 heavy (non-hydrogen) atoms. The van der Waals surface area contributed by atoms with Crippen LogP contribution >= 0.6 is 0 Å². The number of aromatic nitrogens is 1. The van der Waals surface area contributed by atoms with Crippen LogP contribution in [0.4, 0.5) is 10.5 Å². The van der Waals surface area contributed by atoms with Gasteiger partial charge in [-0.25, -0.2) is 13.2 Å². The van der Waals surface area contributed by atoms with E-state index in [0.29, 0.717) is 5.69 Å². The Balaban J connectivity index is 1.31. The number of amides is 2. The summed E-state index contributed by atoms with van der Waals surface area (Å²) in [5, 5.41) is 10.0. The van der Waals surface area contributed by atoms with Gasteiger partial charge >= 0.3 is 6.03 Å². The molecule has 0 bridgehead atoms. The van der Waals surface area contributed by atoms with Gasteiger partial charge in [-0.05, 0) is 42.5 Å². The molecule has 0 saturated heterocycles. The summed E-state index contributed by atoms with van der Waals surface area (Å²) in [6.07, 6.45) is 3.82. The lowest BCUT2D eigenvalue weighted by Crippen LogP contribution is -2.25. The lowest BCUT2D eigenvalue weighted by Gasteiger charge is -2.09. The highest BCUT2D eigenvalue weighted by Crippen LogP contribution is 2.21. The number of hydrogen-bond donors (Lipinski definition) is 2. The normalized spacial score (nSPS) is 15.5. The highest BCUT2D eigenvalue weighted by molar-refractivity contribution is 7.91. The molecule has 4 rings (SSSR count). The van der Waals surface area contributed by atoms with Gasteiger partial charge in [-0.15, -0.1) is 0 Å². The minimum Gasteiger partial charge on any atom is -0.311 e. The van der Waals surface area contributed by atoms with E-state index in [1.807, 2.05) is 42.5 Å². The summed E-state index contributed by atoms with van der Waals surface area (Å²) in [6.45, 7) is 0. The number of anilines is 1. The quantitative estimate of drug-likeness (QED) is 0.500. The highest BCUT2D eigenvalue weighted by atomic mass is 32.2. The fourth-order valence-corrected chi connectivity index (χ4v) is 4.61. The van der Waals surface area contributed by atoms with Gasteiger partial charge < -0.3 is 5.32 Å². The molecule has 0 aliphatic carbocycles. The van der Waals surface area contributed by atoms with Crippen LogP contribution in [0, 0.1) is 0 Å². The van der Waals surface area contributed by atoms with E-state index in [1.165, 1.54) is 11.8 Å². The second-order valence-corrected chi connectivity index (χ2v) is 9.27. The van der Waals surface area contributed by atoms with Crippen LogP contribution in [0.1, 0.15) is 24.0 Å². The van der Waals surface area contributed by atoms with Crippen molar-refractivity contribution < 1.29 is 13.2 Å². The molecular formula is C23H23N5O3S. The number of nitrogens with zero attached hydrogens (tertiary/aromatic N) is 3. The van der Waals surface area contributed by atoms with E-state index in [0.717, 1.165) is 36.1 Å². The van der Waals surface area contributed by atoms with Crippen molar-refractivity contribution in [3.8, 4) is 11.3 Å². The predicted molar refractivity (Wildman–Crippen MR) is 122 cm³/mol. The number of aryl methyl sites for hydroxylation is 1. The van der Waals surface area contributed by atoms with Crippen molar-refractivity contribution in [3.63, 3.8) is 0 Å². The van der Waals surface area contributed by atoms with E-state index in [9.17, 15) is 13.2 Å². The largest absolute Gasteiger partial charge is 0.361 e. The van der Waals surface area contributed by atoms with Gasteiger partial charge in [0.2, 0.25) is 10.0 Å². The van der Waals surface area contributed by atoms with E-state index >= 15 is 0 Å². The average molecular weight is 450 g/mol. The molecule has 0 fully saturated rings. The predicted octanol–water partition coefficient (Wildman–Crippen LogP) is 4.51. The monoisotopic (exact) mass is 449 g/mol. The zero-order valence-electron chi connectivity index (χ0n) is 17.3. The first-order valence-corrected chi connectivity index (χ1v) is 11.9. The summed E-state index contributed by atoms with van der Waals surface area (Å²) in [6, 6.07) is 20.2. The van der Waals surface area contributed by atoms with Gasteiger partial charge in [0.15, 0.2) is 0 Å². The first-order valence-electron chi connectivity index (χ1n) is 10.3. The zero-order valence-corrected chi connectivity index (χ0v) is 18.1. The number of nitrogens with one attached hydrogen (secondary N) is 2. The van der Waals surface area contributed by atoms with Gasteiger partial charge in [-0.1, -0.05) is 59.7 Å². The second-order valence-electron chi connectivity index (χ2n) is 7.55. The number of pyridine rings is 1. The minimum absolute atomic E-state index is 0.0902. The van der Waals surface area contributed by atoms with E-state index in [4.69, 9.17) is 0 Å². The number of carbonyl (C=O) groups excluding carboxylic acids is 1. The second kappa shape index (κ2) is 9.69. The highest BCUT2D eigenvalue weighted by Gasteiger charge is 2.16. The fourth-order valence-electron chi connectivity index (χ4n) is 3.43. The molecular weight excluding hydrogens is 426 g/mol. The maximum absolute atomic E-state index is 12.4. The molecule has 0 radical (unpaired) electrons. The third-order valence-electron chi connectivity index (χ3n) is 5.01. The van der Waals surface area contributed by atoms with Crippen LogP contribution in [0.25, 0.3) is 11.3 Å². The molecule has 1 aliphatic heterocycles. The number of benzene rings is 2. The Morgan fingerprint density at radius 2 is 1.72 bits per heavy atom. The Bertz CT molecular complexity index is 1190. The Morgan fingerprint density at radius 3 is 2.38 bits per heavy atom. The van der Waals surface area contributed by atoms with E-state index in [-0.39, 0.29) is 17.9 Å². The summed E-state index contributed by atoms with van der Waals surface area (Å²) in [4.78, 5) is 15.4. The topological polar surface area (TPSA) is 113 Å². The fraction of sp³-hybridized carbons (Fsp3) is 0.217. The van der Waals surface area contributed by atoms with Gasteiger partial charge in [-0.3, -0.25) is 9.71 Å². The summed E-state index contributed by atoms with van der Waals surface area (Å²) >= 11 is 0. The molecule has 2 N–H and O–H groups in total. The molecule has 164 valence electrons. The Kier molecular flexibility index (Phi) is 6.55. The summed E-state index contributed by atoms with van der Waals surface area (Å²) < 4.78 is 27.3. The van der Waals surface area contributed by atoms with E-state index < -0.39 is 10.0 Å². The van der Waals surface area contributed by atoms with Crippen molar-refractivity contribution in [2.24, 2.45) is 10.2 Å². The van der Waals surface area contributed by atoms with Crippen LogP contribution in [0.15, 0.2) is 83.2 Å². The number of sulfonamides is 1. The lowest BCUT2D eigenvalue weighted by molar-refractivity contribution is 0.250. The average Bonchev–Trinajstić information content (AvgIpc) is 3.20. The summed E-state index contributed by atoms with van der Waals surface area (Å²) in [5.41, 5.74) is 4.04. The van der Waals surface area contributed by atoms with E-state index in [1.54, 1.807) is 24.3 Å². The Labute approximate surface area is 186 Å². The molecule has 2 heterocycles. The summed E-state index contributed by atoms with van der Waals surface area (Å²) in [5.74, 6) is -0.0902. The van der Waals surface area contributed by atoms with Gasteiger partial charge in [-0.2, -0.15) is 5.11 Å². The maximum Gasteiger partial charge on any atom is 0.361 e. The molecule has 2 aromatic carbocycles. The number of rotatable bonds is 9. The SMILES string of the molecule is O=C1N=NC(CCCc2ccc(-c3ccc(NS(=O)(=O)Cc4ccccc4)cn3)cc2)N1. The number of hydrogen-bond acceptors (Lipinski definition) is 5. The molecule has 0 spiro atoms. The van der Waals surface area contributed by atoms with Crippen LogP contribution in [-0.2, 0) is 22.2 Å². The van der Waals surface area contributed by atoms with Crippen molar-refractivity contribution in [3.05, 3.63) is 84.1 Å². The molecule has 1 unspecified atom stereocenters. The van der Waals surface area contributed by atoms with Crippen LogP contribution in [0.5, 0.6) is 0 Å². The number of urea groups is 1. The summed E-state index contributed by atoms with van der Waals surface area (Å²) in [7, 11) is -3.51. The first-order chi connectivity index (χ1) is 15.5. The first kappa shape index (κ1) is 21.6. The van der Waals surface area contributed by atoms with Crippen LogP contribution in [-0.4, -0.2) is 25.6 Å². The molecule has 1 aromatic heterocycles. The Morgan fingerprint density at radius 1 is 0.938 bits per heavy atom. The van der Waals surface area contributed by atoms with Crippen molar-refractivity contribution in [2.75, 3.05) is 4.72 Å². The molecule has 2 amide bonds. The minimum atomic E-state index is -3.51. The maximum atomic E-state index is 12.4. The standard InChI is InChI=1S/C23H23N5O3S/c29-23-25-22(26-27-23)8-4-7-17-9-11-19(12-10-17)21-14-13-20(15-24-21)28-32(30,31)16-18-5-2-1-3-6-18/h1-3,5-6,9-15,22,28H,4,7-8,16H2,(H,25,29). The number of carbonyl (C=O) groups is 1. The van der Waals surface area contributed by atoms with Crippen molar-refractivity contribution in [2.45, 2.75) is 31.2 Å². The third kappa shape index (κ3) is 5.98. The van der Waals surface area contributed by atoms with Crippen LogP contribution in [0.2, 0.25) is 0 Å². The van der Waals surface area contributed by atoms with Crippen LogP contribution < -0.4 is 10.0 Å². The Hall–Kier alpha value is -3.59. The van der Waals surface area contributed by atoms with Crippen molar-refractivity contribution in [1.82, 2.24) is 10.3 Å². The van der Waals surface area contributed by atoms with Crippen molar-refractivity contribution in [1.29, 1.82) is 0 Å². The molecule has 1 aliphatic rings. The third-order valence-corrected chi connectivity index (χ3v) is 6.27.